The van der Waals surface area contributed by atoms with Crippen LogP contribution in [0.1, 0.15) is 12.8 Å². The quantitative estimate of drug-likeness (QED) is 0.840. The van der Waals surface area contributed by atoms with Gasteiger partial charge in [0.2, 0.25) is 0 Å². The summed E-state index contributed by atoms with van der Waals surface area (Å²) in [4.78, 5) is 3.88. The fraction of sp³-hybridized carbons (Fsp3) is 0.444. The number of pyridine rings is 1. The molecule has 13 heavy (non-hydrogen) atoms. The van der Waals surface area contributed by atoms with Crippen LogP contribution < -0.4 is 5.32 Å². The van der Waals surface area contributed by atoms with Gasteiger partial charge in [0.25, 0.3) is 0 Å². The molecule has 1 saturated carbocycles. The summed E-state index contributed by atoms with van der Waals surface area (Å²) in [6.07, 6.45) is 5.83. The van der Waals surface area contributed by atoms with E-state index in [-0.39, 0.29) is 0 Å². The second kappa shape index (κ2) is 3.72. The van der Waals surface area contributed by atoms with Crippen LogP contribution >= 0.6 is 23.2 Å². The minimum Gasteiger partial charge on any atom is -0.382 e. The van der Waals surface area contributed by atoms with Crippen molar-refractivity contribution in [2.24, 2.45) is 5.92 Å². The van der Waals surface area contributed by atoms with Gasteiger partial charge in [0.15, 0.2) is 0 Å². The van der Waals surface area contributed by atoms with Crippen LogP contribution in [0.3, 0.4) is 0 Å². The Morgan fingerprint density at radius 2 is 1.92 bits per heavy atom. The molecular weight excluding hydrogens is 207 g/mol. The molecule has 0 unspecified atom stereocenters. The summed E-state index contributed by atoms with van der Waals surface area (Å²) in [6.45, 7) is 0.962. The van der Waals surface area contributed by atoms with Gasteiger partial charge in [0.1, 0.15) is 0 Å². The third-order valence-corrected chi connectivity index (χ3v) is 2.69. The van der Waals surface area contributed by atoms with E-state index in [0.29, 0.717) is 10.0 Å². The summed E-state index contributed by atoms with van der Waals surface area (Å²) in [5.41, 5.74) is 0.810. The molecule has 2 rings (SSSR count). The van der Waals surface area contributed by atoms with E-state index in [4.69, 9.17) is 23.2 Å². The number of nitrogens with zero attached hydrogens (tertiary/aromatic N) is 1. The number of anilines is 1. The number of rotatable bonds is 3. The summed E-state index contributed by atoms with van der Waals surface area (Å²) in [5.74, 6) is 0.806. The first-order valence-corrected chi connectivity index (χ1v) is 5.06. The summed E-state index contributed by atoms with van der Waals surface area (Å²) >= 11 is 11.8. The zero-order chi connectivity index (χ0) is 9.26. The fourth-order valence-corrected chi connectivity index (χ4v) is 1.65. The molecule has 0 spiro atoms. The van der Waals surface area contributed by atoms with E-state index < -0.39 is 0 Å². The Morgan fingerprint density at radius 3 is 2.46 bits per heavy atom. The number of halogens is 2. The Balaban J connectivity index is 2.07. The van der Waals surface area contributed by atoms with Gasteiger partial charge in [0.05, 0.1) is 15.7 Å². The largest absolute Gasteiger partial charge is 0.382 e. The lowest BCUT2D eigenvalue weighted by Crippen LogP contribution is -2.04. The molecule has 0 amide bonds. The highest BCUT2D eigenvalue weighted by Gasteiger charge is 2.21. The molecule has 1 aliphatic carbocycles. The Bertz CT molecular complexity index is 290. The molecule has 0 saturated heterocycles. The first kappa shape index (κ1) is 9.10. The summed E-state index contributed by atoms with van der Waals surface area (Å²) in [7, 11) is 0. The predicted octanol–water partition coefficient (Wildman–Crippen LogP) is 3.21. The van der Waals surface area contributed by atoms with Gasteiger partial charge in [-0.25, -0.2) is 0 Å². The van der Waals surface area contributed by atoms with E-state index in [1.54, 1.807) is 12.4 Å². The van der Waals surface area contributed by atoms with E-state index in [1.807, 2.05) is 0 Å². The van der Waals surface area contributed by atoms with Crippen LogP contribution in [0.4, 0.5) is 5.69 Å². The standard InChI is InChI=1S/C9H10Cl2N2/c10-7-4-12-5-8(11)9(7)13-3-6-1-2-6/h4-6H,1-3H2,(H,12,13). The first-order chi connectivity index (χ1) is 6.27. The van der Waals surface area contributed by atoms with Gasteiger partial charge in [-0.2, -0.15) is 0 Å². The van der Waals surface area contributed by atoms with Gasteiger partial charge in [0, 0.05) is 18.9 Å². The topological polar surface area (TPSA) is 24.9 Å². The Labute approximate surface area is 87.3 Å². The average molecular weight is 217 g/mol. The third-order valence-electron chi connectivity index (χ3n) is 2.12. The average Bonchev–Trinajstić information content (AvgIpc) is 2.87. The van der Waals surface area contributed by atoms with Gasteiger partial charge in [-0.1, -0.05) is 23.2 Å². The van der Waals surface area contributed by atoms with Crippen LogP contribution in [0.25, 0.3) is 0 Å². The molecule has 70 valence electrons. The molecule has 0 radical (unpaired) electrons. The maximum atomic E-state index is 5.92. The monoisotopic (exact) mass is 216 g/mol. The van der Waals surface area contributed by atoms with Gasteiger partial charge < -0.3 is 5.32 Å². The second-order valence-electron chi connectivity index (χ2n) is 3.30. The van der Waals surface area contributed by atoms with E-state index in [1.165, 1.54) is 12.8 Å². The van der Waals surface area contributed by atoms with Crippen molar-refractivity contribution in [1.29, 1.82) is 0 Å². The number of hydrogen-bond donors (Lipinski definition) is 1. The van der Waals surface area contributed by atoms with Crippen molar-refractivity contribution in [2.45, 2.75) is 12.8 Å². The van der Waals surface area contributed by atoms with Crippen molar-refractivity contribution in [3.63, 3.8) is 0 Å². The SMILES string of the molecule is Clc1cncc(Cl)c1NCC1CC1. The second-order valence-corrected chi connectivity index (χ2v) is 4.12. The summed E-state index contributed by atoms with van der Waals surface area (Å²) in [5, 5.41) is 4.42. The summed E-state index contributed by atoms with van der Waals surface area (Å²) in [6, 6.07) is 0. The van der Waals surface area contributed by atoms with Gasteiger partial charge in [-0.15, -0.1) is 0 Å². The molecule has 1 aromatic heterocycles. The minimum absolute atomic E-state index is 0.591. The van der Waals surface area contributed by atoms with Crippen LogP contribution in [0.2, 0.25) is 10.0 Å². The van der Waals surface area contributed by atoms with Crippen molar-refractivity contribution < 1.29 is 0 Å². The highest BCUT2D eigenvalue weighted by Crippen LogP contribution is 2.32. The Kier molecular flexibility index (Phi) is 2.61. The van der Waals surface area contributed by atoms with Crippen molar-refractivity contribution in [3.8, 4) is 0 Å². The zero-order valence-electron chi connectivity index (χ0n) is 7.06. The number of nitrogens with one attached hydrogen (secondary N) is 1. The van der Waals surface area contributed by atoms with Crippen LogP contribution in [-0.2, 0) is 0 Å². The van der Waals surface area contributed by atoms with E-state index in [2.05, 4.69) is 10.3 Å². The van der Waals surface area contributed by atoms with Crippen molar-refractivity contribution in [2.75, 3.05) is 11.9 Å². The fourth-order valence-electron chi connectivity index (χ4n) is 1.15. The molecule has 4 heteroatoms. The van der Waals surface area contributed by atoms with E-state index in [9.17, 15) is 0 Å². The van der Waals surface area contributed by atoms with E-state index in [0.717, 1.165) is 18.2 Å². The molecule has 1 fully saturated rings. The minimum atomic E-state index is 0.591. The van der Waals surface area contributed by atoms with Crippen LogP contribution in [0.15, 0.2) is 12.4 Å². The maximum Gasteiger partial charge on any atom is 0.0836 e. The van der Waals surface area contributed by atoms with Crippen molar-refractivity contribution >= 4 is 28.9 Å². The molecule has 2 nitrogen and oxygen atoms in total. The first-order valence-electron chi connectivity index (χ1n) is 4.30. The predicted molar refractivity (Wildman–Crippen MR) is 55.5 cm³/mol. The van der Waals surface area contributed by atoms with Crippen LogP contribution in [-0.4, -0.2) is 11.5 Å². The smallest absolute Gasteiger partial charge is 0.0836 e. The van der Waals surface area contributed by atoms with Gasteiger partial charge >= 0.3 is 0 Å². The lowest BCUT2D eigenvalue weighted by Gasteiger charge is -2.08. The van der Waals surface area contributed by atoms with Crippen molar-refractivity contribution in [3.05, 3.63) is 22.4 Å². The lowest BCUT2D eigenvalue weighted by molar-refractivity contribution is 0.889. The van der Waals surface area contributed by atoms with Crippen LogP contribution in [0.5, 0.6) is 0 Å². The molecule has 0 aliphatic heterocycles. The molecule has 0 atom stereocenters. The normalized spacial score (nSPS) is 15.8. The molecule has 1 aliphatic rings. The Morgan fingerprint density at radius 1 is 1.31 bits per heavy atom. The molecule has 0 aromatic carbocycles. The highest BCUT2D eigenvalue weighted by molar-refractivity contribution is 6.38. The van der Waals surface area contributed by atoms with Crippen molar-refractivity contribution in [1.82, 2.24) is 4.98 Å². The summed E-state index contributed by atoms with van der Waals surface area (Å²) < 4.78 is 0. The molecule has 1 aromatic rings. The number of aromatic nitrogens is 1. The lowest BCUT2D eigenvalue weighted by atomic mass is 10.3. The van der Waals surface area contributed by atoms with Gasteiger partial charge in [-0.05, 0) is 18.8 Å². The molecule has 1 heterocycles. The molecule has 0 bridgehead atoms. The van der Waals surface area contributed by atoms with Gasteiger partial charge in [-0.3, -0.25) is 4.98 Å². The molecule has 1 N–H and O–H groups in total. The maximum absolute atomic E-state index is 5.92. The highest BCUT2D eigenvalue weighted by atomic mass is 35.5. The third kappa shape index (κ3) is 2.26. The Hall–Kier alpha value is -0.470. The van der Waals surface area contributed by atoms with E-state index >= 15 is 0 Å². The van der Waals surface area contributed by atoms with Crippen LogP contribution in [0, 0.1) is 5.92 Å². The zero-order valence-corrected chi connectivity index (χ0v) is 8.57. The number of hydrogen-bond acceptors (Lipinski definition) is 2. The molecular formula is C9H10Cl2N2.